The van der Waals surface area contributed by atoms with Crippen molar-refractivity contribution in [3.63, 3.8) is 0 Å². The molecule has 0 saturated heterocycles. The third-order valence-corrected chi connectivity index (χ3v) is 3.59. The number of carbonyl (C=O) groups excluding carboxylic acids is 1. The Balaban J connectivity index is 2.14. The highest BCUT2D eigenvalue weighted by Crippen LogP contribution is 2.21. The highest BCUT2D eigenvalue weighted by Gasteiger charge is 2.20. The molecule has 0 saturated carbocycles. The van der Waals surface area contributed by atoms with Crippen LogP contribution in [0.2, 0.25) is 5.15 Å². The Hall–Kier alpha value is -2.05. The summed E-state index contributed by atoms with van der Waals surface area (Å²) in [7, 11) is 0. The normalized spacial score (nSPS) is 12.1. The lowest BCUT2D eigenvalue weighted by atomic mass is 10.1. The first-order valence-corrected chi connectivity index (χ1v) is 7.23. The maximum Gasteiger partial charge on any atom is 0.254 e. The predicted octanol–water partition coefficient (Wildman–Crippen LogP) is 3.09. The minimum atomic E-state index is -1.52. The van der Waals surface area contributed by atoms with Crippen molar-refractivity contribution in [3.8, 4) is 0 Å². The van der Waals surface area contributed by atoms with Crippen LogP contribution in [0.15, 0.2) is 24.3 Å². The van der Waals surface area contributed by atoms with Gasteiger partial charge >= 0.3 is 0 Å². The van der Waals surface area contributed by atoms with E-state index in [-0.39, 0.29) is 17.3 Å². The van der Waals surface area contributed by atoms with Gasteiger partial charge in [-0.05, 0) is 37.6 Å². The summed E-state index contributed by atoms with van der Waals surface area (Å²) in [5.41, 5.74) is 0.959. The van der Waals surface area contributed by atoms with Gasteiger partial charge in [-0.1, -0.05) is 17.7 Å². The minimum absolute atomic E-state index is 0.0339. The van der Waals surface area contributed by atoms with Crippen LogP contribution in [0.25, 0.3) is 0 Å². The van der Waals surface area contributed by atoms with Gasteiger partial charge in [-0.15, -0.1) is 0 Å². The Bertz CT molecular complexity index is 710. The first-order chi connectivity index (χ1) is 10.8. The number of halogens is 3. The number of rotatable bonds is 4. The van der Waals surface area contributed by atoms with Crippen molar-refractivity contribution in [2.24, 2.45) is 0 Å². The second-order valence-corrected chi connectivity index (χ2v) is 5.47. The molecule has 2 rings (SSSR count). The van der Waals surface area contributed by atoms with Crippen LogP contribution in [0.4, 0.5) is 8.78 Å². The molecule has 4 nitrogen and oxygen atoms in total. The number of nitrogens with zero attached hydrogens (tertiary/aromatic N) is 1. The summed E-state index contributed by atoms with van der Waals surface area (Å²) < 4.78 is 27.2. The van der Waals surface area contributed by atoms with Gasteiger partial charge in [0.05, 0.1) is 11.1 Å². The topological polar surface area (TPSA) is 62.2 Å². The van der Waals surface area contributed by atoms with Crippen molar-refractivity contribution < 1.29 is 18.7 Å². The van der Waals surface area contributed by atoms with Gasteiger partial charge in [-0.25, -0.2) is 13.8 Å². The molecule has 0 radical (unpaired) electrons. The van der Waals surface area contributed by atoms with Crippen molar-refractivity contribution in [1.82, 2.24) is 10.3 Å². The van der Waals surface area contributed by atoms with E-state index in [4.69, 9.17) is 11.6 Å². The number of benzene rings is 1. The number of carbonyl (C=O) groups is 1. The van der Waals surface area contributed by atoms with E-state index in [0.717, 1.165) is 12.1 Å². The number of nitrogens with one attached hydrogen (secondary N) is 1. The highest BCUT2D eigenvalue weighted by atomic mass is 35.5. The molecule has 0 bridgehead atoms. The first-order valence-electron chi connectivity index (χ1n) is 6.85. The van der Waals surface area contributed by atoms with Gasteiger partial charge in [0.1, 0.15) is 22.9 Å². The Kier molecular flexibility index (Phi) is 5.28. The van der Waals surface area contributed by atoms with Crippen LogP contribution in [-0.4, -0.2) is 22.5 Å². The average molecular weight is 341 g/mol. The van der Waals surface area contributed by atoms with E-state index in [1.165, 1.54) is 6.07 Å². The van der Waals surface area contributed by atoms with Crippen molar-refractivity contribution in [1.29, 1.82) is 0 Å². The molecule has 0 aliphatic carbocycles. The van der Waals surface area contributed by atoms with Crippen LogP contribution in [0, 0.1) is 25.5 Å². The zero-order chi connectivity index (χ0) is 17.1. The van der Waals surface area contributed by atoms with Crippen LogP contribution >= 0.6 is 11.6 Å². The Morgan fingerprint density at radius 1 is 1.35 bits per heavy atom. The van der Waals surface area contributed by atoms with Crippen LogP contribution < -0.4 is 5.32 Å². The molecule has 2 N–H and O–H groups in total. The Morgan fingerprint density at radius 2 is 1.96 bits per heavy atom. The lowest BCUT2D eigenvalue weighted by molar-refractivity contribution is 0.0910. The molecule has 1 amide bonds. The number of pyridine rings is 1. The third-order valence-electron chi connectivity index (χ3n) is 3.32. The summed E-state index contributed by atoms with van der Waals surface area (Å²) in [6.45, 7) is 3.08. The number of aliphatic hydroxyl groups excluding tert-OH is 1. The van der Waals surface area contributed by atoms with Gasteiger partial charge in [-0.3, -0.25) is 4.79 Å². The molecule has 1 aromatic heterocycles. The number of hydrogen-bond donors (Lipinski definition) is 2. The lowest BCUT2D eigenvalue weighted by Gasteiger charge is -2.15. The number of aryl methyl sites for hydroxylation is 2. The summed E-state index contributed by atoms with van der Waals surface area (Å²) in [6, 6.07) is 4.96. The zero-order valence-corrected chi connectivity index (χ0v) is 13.3. The largest absolute Gasteiger partial charge is 0.386 e. The molecule has 0 fully saturated rings. The highest BCUT2D eigenvalue weighted by molar-refractivity contribution is 6.32. The molecule has 2 aromatic rings. The molecule has 0 aliphatic rings. The standard InChI is InChI=1S/C16H15ClF2N2O2/c1-8-6-9(2)21-15(17)13(8)16(23)20-7-12(22)14-10(18)4-3-5-11(14)19/h3-6,12,22H,7H2,1-2H3,(H,20,23). The van der Waals surface area contributed by atoms with E-state index in [2.05, 4.69) is 10.3 Å². The quantitative estimate of drug-likeness (QED) is 0.841. The summed E-state index contributed by atoms with van der Waals surface area (Å²) in [5.74, 6) is -2.33. The molecular formula is C16H15ClF2N2O2. The molecule has 0 spiro atoms. The maximum absolute atomic E-state index is 13.6. The molecule has 122 valence electrons. The number of aliphatic hydroxyl groups is 1. The first kappa shape index (κ1) is 17.3. The van der Waals surface area contributed by atoms with E-state index in [1.54, 1.807) is 19.9 Å². The van der Waals surface area contributed by atoms with Gasteiger partial charge in [0, 0.05) is 12.2 Å². The molecule has 7 heteroatoms. The van der Waals surface area contributed by atoms with E-state index in [0.29, 0.717) is 11.3 Å². The molecule has 1 atom stereocenters. The second-order valence-electron chi connectivity index (χ2n) is 5.11. The summed E-state index contributed by atoms with van der Waals surface area (Å²) in [6.07, 6.45) is -1.52. The average Bonchev–Trinajstić information content (AvgIpc) is 2.43. The Labute approximate surface area is 137 Å². The molecule has 1 heterocycles. The molecular weight excluding hydrogens is 326 g/mol. The van der Waals surface area contributed by atoms with Crippen LogP contribution in [0.5, 0.6) is 0 Å². The fraction of sp³-hybridized carbons (Fsp3) is 0.250. The van der Waals surface area contributed by atoms with E-state index in [9.17, 15) is 18.7 Å². The van der Waals surface area contributed by atoms with Crippen LogP contribution in [0.3, 0.4) is 0 Å². The minimum Gasteiger partial charge on any atom is -0.386 e. The number of aromatic nitrogens is 1. The van der Waals surface area contributed by atoms with Crippen molar-refractivity contribution in [2.75, 3.05) is 6.54 Å². The third kappa shape index (κ3) is 3.83. The molecule has 1 aromatic carbocycles. The molecule has 0 aliphatic heterocycles. The number of amides is 1. The van der Waals surface area contributed by atoms with Gasteiger partial charge in [0.2, 0.25) is 0 Å². The fourth-order valence-corrected chi connectivity index (χ4v) is 2.64. The lowest BCUT2D eigenvalue weighted by Crippen LogP contribution is -2.30. The van der Waals surface area contributed by atoms with Gasteiger partial charge < -0.3 is 10.4 Å². The number of hydrogen-bond acceptors (Lipinski definition) is 3. The monoisotopic (exact) mass is 340 g/mol. The SMILES string of the molecule is Cc1cc(C)c(C(=O)NCC(O)c2c(F)cccc2F)c(Cl)n1. The summed E-state index contributed by atoms with van der Waals surface area (Å²) in [5, 5.41) is 12.4. The molecule has 23 heavy (non-hydrogen) atoms. The van der Waals surface area contributed by atoms with Gasteiger partial charge in [0.15, 0.2) is 0 Å². The molecule has 1 unspecified atom stereocenters. The van der Waals surface area contributed by atoms with Crippen LogP contribution in [-0.2, 0) is 0 Å². The predicted molar refractivity (Wildman–Crippen MR) is 82.4 cm³/mol. The summed E-state index contributed by atoms with van der Waals surface area (Å²) in [4.78, 5) is 16.2. The van der Waals surface area contributed by atoms with E-state index in [1.807, 2.05) is 0 Å². The second kappa shape index (κ2) is 7.02. The van der Waals surface area contributed by atoms with E-state index < -0.39 is 29.2 Å². The van der Waals surface area contributed by atoms with Gasteiger partial charge in [0.25, 0.3) is 5.91 Å². The Morgan fingerprint density at radius 3 is 2.52 bits per heavy atom. The summed E-state index contributed by atoms with van der Waals surface area (Å²) >= 11 is 5.96. The zero-order valence-electron chi connectivity index (χ0n) is 12.5. The van der Waals surface area contributed by atoms with Crippen molar-refractivity contribution in [2.45, 2.75) is 20.0 Å². The van der Waals surface area contributed by atoms with E-state index >= 15 is 0 Å². The van der Waals surface area contributed by atoms with Crippen LogP contribution in [0.1, 0.15) is 33.3 Å². The maximum atomic E-state index is 13.6. The fourth-order valence-electron chi connectivity index (χ4n) is 2.27. The van der Waals surface area contributed by atoms with Gasteiger partial charge in [-0.2, -0.15) is 0 Å². The van der Waals surface area contributed by atoms with Crippen molar-refractivity contribution >= 4 is 17.5 Å². The smallest absolute Gasteiger partial charge is 0.254 e. The van der Waals surface area contributed by atoms with Crippen molar-refractivity contribution in [3.05, 3.63) is 63.4 Å².